The van der Waals surface area contributed by atoms with Crippen LogP contribution < -0.4 is 10.6 Å². The van der Waals surface area contributed by atoms with Crippen LogP contribution in [-0.2, 0) is 9.59 Å². The van der Waals surface area contributed by atoms with E-state index in [1.807, 2.05) is 24.0 Å². The fourth-order valence-electron chi connectivity index (χ4n) is 3.80. The highest BCUT2D eigenvalue weighted by Gasteiger charge is 2.26. The summed E-state index contributed by atoms with van der Waals surface area (Å²) in [5, 5.41) is 21.1. The summed E-state index contributed by atoms with van der Waals surface area (Å²) in [6.45, 7) is 7.33. The fraction of sp³-hybridized carbons (Fsp3) is 0.609. The summed E-state index contributed by atoms with van der Waals surface area (Å²) in [7, 11) is 0. The van der Waals surface area contributed by atoms with Crippen LogP contribution in [0.25, 0.3) is 0 Å². The van der Waals surface area contributed by atoms with Crippen LogP contribution in [0.3, 0.4) is 0 Å². The van der Waals surface area contributed by atoms with E-state index in [0.29, 0.717) is 12.5 Å². The summed E-state index contributed by atoms with van der Waals surface area (Å²) in [5.74, 6) is -3.34. The predicted molar refractivity (Wildman–Crippen MR) is 120 cm³/mol. The predicted octanol–water partition coefficient (Wildman–Crippen LogP) is 3.43. The lowest BCUT2D eigenvalue weighted by Gasteiger charge is -2.36. The maximum absolute atomic E-state index is 13.2. The molecule has 0 bridgehead atoms. The zero-order valence-corrected chi connectivity index (χ0v) is 19.0. The van der Waals surface area contributed by atoms with Crippen molar-refractivity contribution in [3.8, 4) is 0 Å². The Bertz CT molecular complexity index is 702. The lowest BCUT2D eigenvalue weighted by Crippen LogP contribution is -2.56. The summed E-state index contributed by atoms with van der Waals surface area (Å²) in [4.78, 5) is 32.4. The third-order valence-corrected chi connectivity index (χ3v) is 5.46. The number of carboxylic acid groups (broad SMARTS) is 2. The second-order valence-corrected chi connectivity index (χ2v) is 7.82. The number of piperazine rings is 1. The maximum Gasteiger partial charge on any atom is 0.414 e. The summed E-state index contributed by atoms with van der Waals surface area (Å²) < 4.78 is 13.2. The van der Waals surface area contributed by atoms with E-state index in [2.05, 4.69) is 17.6 Å². The summed E-state index contributed by atoms with van der Waals surface area (Å²) in [5.41, 5.74) is 1.24. The van der Waals surface area contributed by atoms with E-state index in [-0.39, 0.29) is 17.9 Å². The molecule has 1 aromatic rings. The lowest BCUT2D eigenvalue weighted by atomic mass is 9.88. The minimum atomic E-state index is -1.82. The first-order chi connectivity index (χ1) is 15.3. The molecule has 2 rings (SSSR count). The smallest absolute Gasteiger partial charge is 0.414 e. The average Bonchev–Trinajstić information content (AvgIpc) is 2.77. The number of carbonyl (C=O) groups is 3. The van der Waals surface area contributed by atoms with Crippen LogP contribution in [-0.4, -0.2) is 65.3 Å². The zero-order chi connectivity index (χ0) is 23.9. The number of unbranched alkanes of at least 4 members (excludes halogenated alkanes) is 1. The van der Waals surface area contributed by atoms with Crippen LogP contribution in [0.5, 0.6) is 0 Å². The molecule has 0 radical (unpaired) electrons. The molecule has 1 fully saturated rings. The molecule has 2 atom stereocenters. The molecule has 0 aliphatic carbocycles. The standard InChI is InChI=1S/C21H34FN3O.C2H2O4/c1-3-5-7-17(18-10-12-19(22)13-11-18)8-6-9-20-16-23-14-15-25(20)21(26)24-4-2;3-1(4)2(5)6/h10-13,17,20,23H,3-9,14-16H2,1-2H3,(H,24,26);(H,3,4)(H,5,6). The molecule has 0 saturated carbocycles. The van der Waals surface area contributed by atoms with Gasteiger partial charge in [-0.2, -0.15) is 0 Å². The third kappa shape index (κ3) is 10.1. The first-order valence-electron chi connectivity index (χ1n) is 11.3. The topological polar surface area (TPSA) is 119 Å². The van der Waals surface area contributed by atoms with E-state index in [1.165, 1.54) is 18.4 Å². The van der Waals surface area contributed by atoms with Crippen molar-refractivity contribution in [2.24, 2.45) is 0 Å². The van der Waals surface area contributed by atoms with E-state index in [1.54, 1.807) is 12.1 Å². The SMILES string of the molecule is CCCCC(CCCC1CNCCN1C(=O)NCC)c1ccc(F)cc1.O=C(O)C(=O)O. The number of halogens is 1. The minimum absolute atomic E-state index is 0.0556. The van der Waals surface area contributed by atoms with Gasteiger partial charge >= 0.3 is 18.0 Å². The zero-order valence-electron chi connectivity index (χ0n) is 19.0. The lowest BCUT2D eigenvalue weighted by molar-refractivity contribution is -0.159. The molecule has 9 heteroatoms. The van der Waals surface area contributed by atoms with Gasteiger partial charge in [0.05, 0.1) is 0 Å². The van der Waals surface area contributed by atoms with Gasteiger partial charge in [-0.1, -0.05) is 38.3 Å². The Morgan fingerprint density at radius 2 is 1.75 bits per heavy atom. The molecule has 1 aromatic carbocycles. The van der Waals surface area contributed by atoms with Crippen molar-refractivity contribution < 1.29 is 29.0 Å². The van der Waals surface area contributed by atoms with Crippen molar-refractivity contribution in [3.63, 3.8) is 0 Å². The molecule has 32 heavy (non-hydrogen) atoms. The molecule has 2 unspecified atom stereocenters. The molecule has 1 saturated heterocycles. The number of carboxylic acids is 2. The van der Waals surface area contributed by atoms with Crippen molar-refractivity contribution in [2.45, 2.75) is 64.3 Å². The van der Waals surface area contributed by atoms with Gasteiger partial charge in [-0.15, -0.1) is 0 Å². The highest BCUT2D eigenvalue weighted by atomic mass is 19.1. The Hall–Kier alpha value is -2.68. The van der Waals surface area contributed by atoms with E-state index in [0.717, 1.165) is 45.3 Å². The molecule has 4 N–H and O–H groups in total. The monoisotopic (exact) mass is 453 g/mol. The maximum atomic E-state index is 13.2. The third-order valence-electron chi connectivity index (χ3n) is 5.46. The number of carbonyl (C=O) groups excluding carboxylic acids is 1. The number of aliphatic carboxylic acids is 2. The fourth-order valence-corrected chi connectivity index (χ4v) is 3.80. The Kier molecular flexibility index (Phi) is 13.0. The molecule has 1 aliphatic rings. The van der Waals surface area contributed by atoms with Crippen LogP contribution in [0.2, 0.25) is 0 Å². The van der Waals surface area contributed by atoms with Gasteiger partial charge in [0, 0.05) is 32.2 Å². The highest BCUT2D eigenvalue weighted by molar-refractivity contribution is 6.27. The molecular weight excluding hydrogens is 417 g/mol. The number of amides is 2. The molecule has 1 aliphatic heterocycles. The first kappa shape index (κ1) is 27.4. The summed E-state index contributed by atoms with van der Waals surface area (Å²) in [6.07, 6.45) is 6.69. The van der Waals surface area contributed by atoms with Crippen molar-refractivity contribution in [3.05, 3.63) is 35.6 Å². The van der Waals surface area contributed by atoms with Gasteiger partial charge in [0.2, 0.25) is 0 Å². The van der Waals surface area contributed by atoms with Gasteiger partial charge in [-0.25, -0.2) is 18.8 Å². The van der Waals surface area contributed by atoms with Gasteiger partial charge in [-0.3, -0.25) is 0 Å². The Morgan fingerprint density at radius 1 is 1.12 bits per heavy atom. The normalized spacial score (nSPS) is 16.5. The first-order valence-corrected chi connectivity index (χ1v) is 11.3. The minimum Gasteiger partial charge on any atom is -0.473 e. The van der Waals surface area contributed by atoms with Crippen molar-refractivity contribution in [1.29, 1.82) is 0 Å². The quantitative estimate of drug-likeness (QED) is 0.426. The van der Waals surface area contributed by atoms with E-state index in [9.17, 15) is 9.18 Å². The Morgan fingerprint density at radius 3 is 2.31 bits per heavy atom. The van der Waals surface area contributed by atoms with Crippen LogP contribution in [0.15, 0.2) is 24.3 Å². The Balaban J connectivity index is 0.000000751. The van der Waals surface area contributed by atoms with Crippen molar-refractivity contribution in [2.75, 3.05) is 26.2 Å². The van der Waals surface area contributed by atoms with Crippen molar-refractivity contribution >= 4 is 18.0 Å². The van der Waals surface area contributed by atoms with Crippen LogP contribution in [0.4, 0.5) is 9.18 Å². The number of hydrogen-bond acceptors (Lipinski definition) is 4. The summed E-state index contributed by atoms with van der Waals surface area (Å²) >= 11 is 0. The molecule has 2 amide bonds. The molecule has 1 heterocycles. The molecule has 8 nitrogen and oxygen atoms in total. The van der Waals surface area contributed by atoms with E-state index >= 15 is 0 Å². The largest absolute Gasteiger partial charge is 0.473 e. The van der Waals surface area contributed by atoms with E-state index < -0.39 is 11.9 Å². The number of hydrogen-bond donors (Lipinski definition) is 4. The molecule has 0 spiro atoms. The van der Waals surface area contributed by atoms with Gasteiger partial charge in [0.25, 0.3) is 0 Å². The van der Waals surface area contributed by atoms with Crippen LogP contribution in [0, 0.1) is 5.82 Å². The van der Waals surface area contributed by atoms with Crippen LogP contribution in [0.1, 0.15) is 63.9 Å². The molecular formula is C23H36FN3O5. The van der Waals surface area contributed by atoms with Crippen molar-refractivity contribution in [1.82, 2.24) is 15.5 Å². The van der Waals surface area contributed by atoms with Gasteiger partial charge in [0.1, 0.15) is 5.82 Å². The van der Waals surface area contributed by atoms with E-state index in [4.69, 9.17) is 19.8 Å². The summed E-state index contributed by atoms with van der Waals surface area (Å²) in [6, 6.07) is 7.31. The van der Waals surface area contributed by atoms with Gasteiger partial charge in [0.15, 0.2) is 0 Å². The number of urea groups is 1. The highest BCUT2D eigenvalue weighted by Crippen LogP contribution is 2.28. The average molecular weight is 454 g/mol. The van der Waals surface area contributed by atoms with Gasteiger partial charge < -0.3 is 25.7 Å². The van der Waals surface area contributed by atoms with Crippen LogP contribution >= 0.6 is 0 Å². The number of nitrogens with zero attached hydrogens (tertiary/aromatic N) is 1. The number of rotatable bonds is 9. The van der Waals surface area contributed by atoms with Gasteiger partial charge in [-0.05, 0) is 49.8 Å². The number of benzene rings is 1. The Labute approximate surface area is 189 Å². The second-order valence-electron chi connectivity index (χ2n) is 7.82. The molecule has 180 valence electrons. The second kappa shape index (κ2) is 15.2. The molecule has 0 aromatic heterocycles. The number of nitrogens with one attached hydrogen (secondary N) is 2.